The molecule has 0 saturated carbocycles. The number of nitrogens with zero attached hydrogens (tertiary/aromatic N) is 5. The van der Waals surface area contributed by atoms with Gasteiger partial charge in [-0.05, 0) is 25.8 Å². The zero-order chi connectivity index (χ0) is 18.4. The third-order valence-electron chi connectivity index (χ3n) is 4.09. The Hall–Kier alpha value is -2.97. The average Bonchev–Trinajstić information content (AvgIpc) is 3.15. The molecule has 0 atom stereocenters. The first-order chi connectivity index (χ1) is 12.6. The zero-order valence-electron chi connectivity index (χ0n) is 14.8. The summed E-state index contributed by atoms with van der Waals surface area (Å²) in [5.74, 6) is 2.14. The minimum Gasteiger partial charge on any atom is -0.368 e. The molecule has 3 heterocycles. The molecule has 9 nitrogen and oxygen atoms in total. The summed E-state index contributed by atoms with van der Waals surface area (Å²) in [5, 5.41) is 9.82. The second-order valence-corrected chi connectivity index (χ2v) is 6.15. The summed E-state index contributed by atoms with van der Waals surface area (Å²) in [6.07, 6.45) is 3.86. The molecule has 1 fully saturated rings. The normalized spacial score (nSPS) is 13.7. The Balaban J connectivity index is 1.47. The van der Waals surface area contributed by atoms with Crippen LogP contribution in [0.2, 0.25) is 0 Å². The summed E-state index contributed by atoms with van der Waals surface area (Å²) < 4.78 is 1.12. The molecule has 1 aliphatic heterocycles. The number of hydrogen-bond acceptors (Lipinski definition) is 7. The van der Waals surface area contributed by atoms with Gasteiger partial charge in [0.05, 0.1) is 0 Å². The maximum absolute atomic E-state index is 11.9. The molecule has 3 rings (SSSR count). The number of anilines is 2. The van der Waals surface area contributed by atoms with Crippen molar-refractivity contribution in [2.24, 2.45) is 0 Å². The highest BCUT2D eigenvalue weighted by molar-refractivity contribution is 5.75. The molecule has 0 unspecified atom stereocenters. The van der Waals surface area contributed by atoms with Gasteiger partial charge in [-0.2, -0.15) is 5.10 Å². The zero-order valence-corrected chi connectivity index (χ0v) is 14.8. The number of aromatic nitrogens is 4. The lowest BCUT2D eigenvalue weighted by Crippen LogP contribution is -2.35. The molecule has 0 aromatic carbocycles. The van der Waals surface area contributed by atoms with E-state index in [0.29, 0.717) is 13.1 Å². The van der Waals surface area contributed by atoms with Gasteiger partial charge in [-0.3, -0.25) is 9.59 Å². The third-order valence-corrected chi connectivity index (χ3v) is 4.09. The molecule has 138 valence electrons. The molecule has 1 aliphatic rings. The largest absolute Gasteiger partial charge is 0.368 e. The summed E-state index contributed by atoms with van der Waals surface area (Å²) in [5.41, 5.74) is -0.299. The van der Waals surface area contributed by atoms with Gasteiger partial charge in [-0.1, -0.05) is 0 Å². The van der Waals surface area contributed by atoms with Crippen LogP contribution in [0.25, 0.3) is 0 Å². The van der Waals surface area contributed by atoms with Gasteiger partial charge in [-0.15, -0.1) is 0 Å². The molecule has 1 amide bonds. The highest BCUT2D eigenvalue weighted by Gasteiger charge is 2.15. The summed E-state index contributed by atoms with van der Waals surface area (Å²) in [4.78, 5) is 34.6. The molecule has 0 radical (unpaired) electrons. The van der Waals surface area contributed by atoms with E-state index < -0.39 is 0 Å². The first-order valence-electron chi connectivity index (χ1n) is 8.75. The second kappa shape index (κ2) is 8.41. The van der Waals surface area contributed by atoms with E-state index in [-0.39, 0.29) is 18.0 Å². The van der Waals surface area contributed by atoms with Gasteiger partial charge < -0.3 is 15.5 Å². The second-order valence-electron chi connectivity index (χ2n) is 6.15. The maximum Gasteiger partial charge on any atom is 0.267 e. The quantitative estimate of drug-likeness (QED) is 0.681. The third kappa shape index (κ3) is 4.78. The van der Waals surface area contributed by atoms with Crippen molar-refractivity contribution in [2.45, 2.75) is 26.3 Å². The Labute approximate surface area is 151 Å². The Bertz CT molecular complexity index is 815. The van der Waals surface area contributed by atoms with Crippen LogP contribution in [0.15, 0.2) is 29.2 Å². The number of aryl methyl sites for hydroxylation is 1. The molecular formula is C17H23N7O2. The number of hydrogen-bond donors (Lipinski definition) is 2. The Kier molecular flexibility index (Phi) is 5.77. The van der Waals surface area contributed by atoms with Crippen LogP contribution in [0, 0.1) is 6.92 Å². The van der Waals surface area contributed by atoms with Crippen molar-refractivity contribution in [3.63, 3.8) is 0 Å². The summed E-state index contributed by atoms with van der Waals surface area (Å²) in [6.45, 7) is 4.78. The molecule has 0 bridgehead atoms. The van der Waals surface area contributed by atoms with Crippen molar-refractivity contribution in [3.8, 4) is 0 Å². The number of rotatable bonds is 7. The van der Waals surface area contributed by atoms with Gasteiger partial charge in [-0.25, -0.2) is 14.6 Å². The van der Waals surface area contributed by atoms with Crippen LogP contribution in [0.3, 0.4) is 0 Å². The first kappa shape index (κ1) is 17.8. The number of nitrogens with one attached hydrogen (secondary N) is 2. The highest BCUT2D eigenvalue weighted by atomic mass is 16.2. The Morgan fingerprint density at radius 1 is 1.23 bits per heavy atom. The van der Waals surface area contributed by atoms with E-state index in [1.807, 2.05) is 13.0 Å². The van der Waals surface area contributed by atoms with Gasteiger partial charge in [0.25, 0.3) is 5.56 Å². The molecule has 0 spiro atoms. The lowest BCUT2D eigenvalue weighted by Gasteiger charge is -2.17. The fourth-order valence-electron chi connectivity index (χ4n) is 2.84. The van der Waals surface area contributed by atoms with Crippen LogP contribution < -0.4 is 21.1 Å². The van der Waals surface area contributed by atoms with E-state index in [1.165, 1.54) is 25.1 Å². The predicted octanol–water partition coefficient (Wildman–Crippen LogP) is 0.170. The number of amides is 1. The topological polar surface area (TPSA) is 105 Å². The molecule has 2 aromatic rings. The summed E-state index contributed by atoms with van der Waals surface area (Å²) >= 11 is 0. The lowest BCUT2D eigenvalue weighted by molar-refractivity contribution is -0.121. The molecule has 1 saturated heterocycles. The van der Waals surface area contributed by atoms with Crippen LogP contribution >= 0.6 is 0 Å². The summed E-state index contributed by atoms with van der Waals surface area (Å²) in [7, 11) is 0. The van der Waals surface area contributed by atoms with Gasteiger partial charge in [0, 0.05) is 44.5 Å². The average molecular weight is 357 g/mol. The smallest absolute Gasteiger partial charge is 0.267 e. The fourth-order valence-corrected chi connectivity index (χ4v) is 2.84. The van der Waals surface area contributed by atoms with E-state index in [9.17, 15) is 9.59 Å². The van der Waals surface area contributed by atoms with E-state index in [0.717, 1.165) is 35.2 Å². The lowest BCUT2D eigenvalue weighted by atomic mass is 10.4. The SMILES string of the molecule is Cc1nc(NCCNC(=O)Cn2ncccc2=O)cc(N2CCCC2)n1. The van der Waals surface area contributed by atoms with Crippen LogP contribution in [-0.4, -0.2) is 51.8 Å². The van der Waals surface area contributed by atoms with E-state index >= 15 is 0 Å². The highest BCUT2D eigenvalue weighted by Crippen LogP contribution is 2.20. The minimum absolute atomic E-state index is 0.0919. The van der Waals surface area contributed by atoms with Crippen molar-refractivity contribution in [1.82, 2.24) is 25.1 Å². The van der Waals surface area contributed by atoms with Gasteiger partial charge >= 0.3 is 0 Å². The Morgan fingerprint density at radius 2 is 2.04 bits per heavy atom. The molecular weight excluding hydrogens is 334 g/mol. The fraction of sp³-hybridized carbons (Fsp3) is 0.471. The van der Waals surface area contributed by atoms with E-state index in [2.05, 4.69) is 30.6 Å². The van der Waals surface area contributed by atoms with Crippen molar-refractivity contribution < 1.29 is 4.79 Å². The standard InChI is InChI=1S/C17H23N7O2/c1-13-21-14(11-15(22-13)23-9-2-3-10-23)18-7-8-19-16(25)12-24-17(26)5-4-6-20-24/h4-6,11H,2-3,7-10,12H2,1H3,(H,19,25)(H,18,21,22). The minimum atomic E-state index is -0.299. The van der Waals surface area contributed by atoms with Crippen molar-refractivity contribution in [3.05, 3.63) is 40.6 Å². The van der Waals surface area contributed by atoms with Crippen LogP contribution in [-0.2, 0) is 11.3 Å². The number of carbonyl (C=O) groups excluding carboxylic acids is 1. The van der Waals surface area contributed by atoms with E-state index in [4.69, 9.17) is 0 Å². The van der Waals surface area contributed by atoms with Crippen LogP contribution in [0.5, 0.6) is 0 Å². The van der Waals surface area contributed by atoms with Gasteiger partial charge in [0.2, 0.25) is 5.91 Å². The predicted molar refractivity (Wildman–Crippen MR) is 98.2 cm³/mol. The molecule has 26 heavy (non-hydrogen) atoms. The van der Waals surface area contributed by atoms with Crippen molar-refractivity contribution in [1.29, 1.82) is 0 Å². The first-order valence-corrected chi connectivity index (χ1v) is 8.75. The number of carbonyl (C=O) groups is 1. The van der Waals surface area contributed by atoms with E-state index in [1.54, 1.807) is 6.07 Å². The molecule has 2 N–H and O–H groups in total. The van der Waals surface area contributed by atoms with Crippen LogP contribution in [0.1, 0.15) is 18.7 Å². The van der Waals surface area contributed by atoms with Crippen LogP contribution in [0.4, 0.5) is 11.6 Å². The maximum atomic E-state index is 11.9. The van der Waals surface area contributed by atoms with Gasteiger partial charge in [0.1, 0.15) is 24.0 Å². The van der Waals surface area contributed by atoms with Crippen molar-refractivity contribution in [2.75, 3.05) is 36.4 Å². The molecule has 9 heteroatoms. The molecule has 2 aromatic heterocycles. The molecule has 0 aliphatic carbocycles. The monoisotopic (exact) mass is 357 g/mol. The van der Waals surface area contributed by atoms with Crippen molar-refractivity contribution >= 4 is 17.5 Å². The summed E-state index contributed by atoms with van der Waals surface area (Å²) in [6, 6.07) is 4.85. The van der Waals surface area contributed by atoms with Gasteiger partial charge in [0.15, 0.2) is 0 Å². The Morgan fingerprint density at radius 3 is 2.81 bits per heavy atom.